The van der Waals surface area contributed by atoms with E-state index in [1.165, 1.54) is 25.7 Å². The van der Waals surface area contributed by atoms with Crippen LogP contribution < -0.4 is 10.9 Å². The molecule has 0 spiro atoms. The van der Waals surface area contributed by atoms with E-state index in [1.54, 1.807) is 0 Å². The molecular formula is C15H25N3OS. The van der Waals surface area contributed by atoms with Crippen molar-refractivity contribution < 1.29 is 0 Å². The van der Waals surface area contributed by atoms with E-state index < -0.39 is 0 Å². The van der Waals surface area contributed by atoms with Gasteiger partial charge in [0.25, 0.3) is 5.56 Å². The zero-order chi connectivity index (χ0) is 14.7. The molecule has 0 bridgehead atoms. The van der Waals surface area contributed by atoms with E-state index in [9.17, 15) is 4.79 Å². The van der Waals surface area contributed by atoms with Gasteiger partial charge in [-0.15, -0.1) is 0 Å². The Kier molecular flexibility index (Phi) is 5.27. The van der Waals surface area contributed by atoms with Gasteiger partial charge in [-0.05, 0) is 46.3 Å². The van der Waals surface area contributed by atoms with Crippen molar-refractivity contribution in [2.75, 3.05) is 6.26 Å². The average Bonchev–Trinajstić information content (AvgIpc) is 2.37. The van der Waals surface area contributed by atoms with Gasteiger partial charge in [0, 0.05) is 23.0 Å². The molecule has 5 heteroatoms. The monoisotopic (exact) mass is 295 g/mol. The Hall–Kier alpha value is -0.810. The highest BCUT2D eigenvalue weighted by Gasteiger charge is 2.24. The first-order valence-electron chi connectivity index (χ1n) is 7.37. The number of nitrogens with zero attached hydrogens (tertiary/aromatic N) is 1. The minimum absolute atomic E-state index is 0.00720. The van der Waals surface area contributed by atoms with Crippen LogP contribution in [0.15, 0.2) is 4.79 Å². The zero-order valence-corrected chi connectivity index (χ0v) is 13.6. The lowest BCUT2D eigenvalue weighted by Crippen LogP contribution is -2.38. The first-order chi connectivity index (χ1) is 9.51. The van der Waals surface area contributed by atoms with Crippen LogP contribution in [0.5, 0.6) is 0 Å². The molecule has 1 fully saturated rings. The Morgan fingerprint density at radius 1 is 1.40 bits per heavy atom. The Morgan fingerprint density at radius 3 is 2.80 bits per heavy atom. The summed E-state index contributed by atoms with van der Waals surface area (Å²) < 4.78 is 0. The van der Waals surface area contributed by atoms with Gasteiger partial charge >= 0.3 is 0 Å². The Bertz CT molecular complexity index is 514. The van der Waals surface area contributed by atoms with E-state index in [0.717, 1.165) is 16.5 Å². The van der Waals surface area contributed by atoms with Gasteiger partial charge in [0.15, 0.2) is 0 Å². The van der Waals surface area contributed by atoms with Crippen LogP contribution in [0.4, 0.5) is 0 Å². The van der Waals surface area contributed by atoms with Crippen molar-refractivity contribution in [2.24, 2.45) is 0 Å². The van der Waals surface area contributed by atoms with E-state index >= 15 is 0 Å². The van der Waals surface area contributed by atoms with E-state index in [2.05, 4.69) is 28.5 Å². The van der Waals surface area contributed by atoms with Crippen LogP contribution in [0.25, 0.3) is 0 Å². The Morgan fingerprint density at radius 2 is 2.15 bits per heavy atom. The molecule has 2 rings (SSSR count). The fourth-order valence-corrected chi connectivity index (χ4v) is 4.02. The van der Waals surface area contributed by atoms with Crippen LogP contribution in [-0.4, -0.2) is 27.5 Å². The van der Waals surface area contributed by atoms with Crippen molar-refractivity contribution in [2.45, 2.75) is 63.8 Å². The smallest absolute Gasteiger partial charge is 0.255 e. The fourth-order valence-electron chi connectivity index (χ4n) is 3.19. The van der Waals surface area contributed by atoms with Crippen LogP contribution in [-0.2, 0) is 0 Å². The highest BCUT2D eigenvalue weighted by atomic mass is 32.2. The summed E-state index contributed by atoms with van der Waals surface area (Å²) in [7, 11) is 0. The summed E-state index contributed by atoms with van der Waals surface area (Å²) in [6, 6.07) is 0.564. The van der Waals surface area contributed by atoms with Crippen molar-refractivity contribution in [1.29, 1.82) is 0 Å². The summed E-state index contributed by atoms with van der Waals surface area (Å²) in [6.45, 7) is 5.80. The lowest BCUT2D eigenvalue weighted by atomic mass is 9.93. The molecule has 0 aromatic carbocycles. The van der Waals surface area contributed by atoms with Crippen molar-refractivity contribution in [3.05, 3.63) is 27.4 Å². The zero-order valence-electron chi connectivity index (χ0n) is 12.8. The molecule has 112 valence electrons. The van der Waals surface area contributed by atoms with Crippen molar-refractivity contribution in [3.63, 3.8) is 0 Å². The largest absolute Gasteiger partial charge is 0.310 e. The predicted molar refractivity (Wildman–Crippen MR) is 85.4 cm³/mol. The van der Waals surface area contributed by atoms with E-state index in [4.69, 9.17) is 0 Å². The number of H-pyrrole nitrogens is 1. The van der Waals surface area contributed by atoms with E-state index in [1.807, 2.05) is 25.6 Å². The van der Waals surface area contributed by atoms with Gasteiger partial charge in [-0.3, -0.25) is 4.79 Å². The fraction of sp³-hybridized carbons (Fsp3) is 0.733. The minimum Gasteiger partial charge on any atom is -0.310 e. The van der Waals surface area contributed by atoms with E-state index in [-0.39, 0.29) is 11.6 Å². The number of hydrogen-bond acceptors (Lipinski definition) is 4. The van der Waals surface area contributed by atoms with E-state index in [0.29, 0.717) is 11.9 Å². The summed E-state index contributed by atoms with van der Waals surface area (Å²) in [5.74, 6) is 0.684. The summed E-state index contributed by atoms with van der Waals surface area (Å²) in [6.07, 6.45) is 7.19. The molecule has 3 atom stereocenters. The molecule has 1 aliphatic rings. The minimum atomic E-state index is -0.00720. The summed E-state index contributed by atoms with van der Waals surface area (Å²) >= 11 is 1.96. The molecule has 2 N–H and O–H groups in total. The second-order valence-corrected chi connectivity index (χ2v) is 6.90. The second-order valence-electron chi connectivity index (χ2n) is 5.76. The molecule has 20 heavy (non-hydrogen) atoms. The lowest BCUT2D eigenvalue weighted by Gasteiger charge is -2.31. The van der Waals surface area contributed by atoms with Crippen LogP contribution >= 0.6 is 11.8 Å². The highest BCUT2D eigenvalue weighted by Crippen LogP contribution is 2.28. The molecule has 4 nitrogen and oxygen atoms in total. The van der Waals surface area contributed by atoms with Gasteiger partial charge in [0.2, 0.25) is 0 Å². The molecule has 1 aliphatic carbocycles. The SMILES string of the molecule is CSC1CCCC(NC(C)c2c(C)nc(C)[nH]c2=O)C1. The topological polar surface area (TPSA) is 57.8 Å². The number of aromatic amines is 1. The van der Waals surface area contributed by atoms with Crippen LogP contribution in [0, 0.1) is 13.8 Å². The average molecular weight is 295 g/mol. The third kappa shape index (κ3) is 3.64. The molecule has 3 unspecified atom stereocenters. The van der Waals surface area contributed by atoms with Crippen molar-refractivity contribution in [3.8, 4) is 0 Å². The van der Waals surface area contributed by atoms with Crippen molar-refractivity contribution in [1.82, 2.24) is 15.3 Å². The van der Waals surface area contributed by atoms with Gasteiger partial charge < -0.3 is 10.3 Å². The maximum atomic E-state index is 12.1. The van der Waals surface area contributed by atoms with Crippen LogP contribution in [0.3, 0.4) is 0 Å². The Labute approximate surface area is 125 Å². The number of thioether (sulfide) groups is 1. The lowest BCUT2D eigenvalue weighted by molar-refractivity contribution is 0.351. The third-order valence-electron chi connectivity index (χ3n) is 4.14. The molecule has 0 amide bonds. The molecule has 1 aromatic heterocycles. The number of hydrogen-bond donors (Lipinski definition) is 2. The first-order valence-corrected chi connectivity index (χ1v) is 8.66. The van der Waals surface area contributed by atoms with Gasteiger partial charge in [-0.2, -0.15) is 11.8 Å². The van der Waals surface area contributed by atoms with Gasteiger partial charge in [-0.1, -0.05) is 6.42 Å². The first kappa shape index (κ1) is 15.6. The van der Waals surface area contributed by atoms with Crippen LogP contribution in [0.2, 0.25) is 0 Å². The third-order valence-corrected chi connectivity index (χ3v) is 5.24. The van der Waals surface area contributed by atoms with Crippen LogP contribution in [0.1, 0.15) is 55.7 Å². The summed E-state index contributed by atoms with van der Waals surface area (Å²) in [4.78, 5) is 19.3. The molecule has 1 saturated carbocycles. The predicted octanol–water partition coefficient (Wildman–Crippen LogP) is 2.71. The maximum Gasteiger partial charge on any atom is 0.255 e. The molecule has 0 aliphatic heterocycles. The quantitative estimate of drug-likeness (QED) is 0.896. The Balaban J connectivity index is 2.08. The number of rotatable bonds is 4. The number of aryl methyl sites for hydroxylation is 2. The summed E-state index contributed by atoms with van der Waals surface area (Å²) in [5, 5.41) is 4.38. The molecule has 0 radical (unpaired) electrons. The summed E-state index contributed by atoms with van der Waals surface area (Å²) in [5.41, 5.74) is 1.61. The highest BCUT2D eigenvalue weighted by molar-refractivity contribution is 7.99. The second kappa shape index (κ2) is 6.76. The standard InChI is InChI=1S/C15H25N3OS/c1-9-14(15(19)18-11(3)16-9)10(2)17-12-6-5-7-13(8-12)20-4/h10,12-13,17H,5-8H2,1-4H3,(H,16,18,19). The normalized spacial score (nSPS) is 24.6. The number of aromatic nitrogens is 2. The molecule has 1 heterocycles. The molecular weight excluding hydrogens is 270 g/mol. The van der Waals surface area contributed by atoms with Gasteiger partial charge in [0.1, 0.15) is 5.82 Å². The van der Waals surface area contributed by atoms with Gasteiger partial charge in [0.05, 0.1) is 5.56 Å². The number of nitrogens with one attached hydrogen (secondary N) is 2. The molecule has 0 saturated heterocycles. The van der Waals surface area contributed by atoms with Crippen molar-refractivity contribution >= 4 is 11.8 Å². The maximum absolute atomic E-state index is 12.1. The molecule has 1 aromatic rings. The van der Waals surface area contributed by atoms with Gasteiger partial charge in [-0.25, -0.2) is 4.98 Å².